The summed E-state index contributed by atoms with van der Waals surface area (Å²) in [6, 6.07) is 6.71. The third-order valence-electron chi connectivity index (χ3n) is 3.93. The smallest absolute Gasteiger partial charge is 0.240 e. The van der Waals surface area contributed by atoms with Crippen LogP contribution in [-0.2, 0) is 16.4 Å². The van der Waals surface area contributed by atoms with Crippen LogP contribution in [0.25, 0.3) is 0 Å². The van der Waals surface area contributed by atoms with Crippen LogP contribution in [0.4, 0.5) is 0 Å². The molecule has 0 amide bonds. The Balaban J connectivity index is 1.90. The predicted octanol–water partition coefficient (Wildman–Crippen LogP) is 2.37. The number of hydrogen-bond donors (Lipinski definition) is 2. The monoisotopic (exact) mass is 326 g/mol. The topological polar surface area (TPSA) is 72.2 Å². The molecule has 0 heterocycles. The van der Waals surface area contributed by atoms with E-state index in [1.165, 1.54) is 25.7 Å². The molecule has 0 bridgehead atoms. The van der Waals surface area contributed by atoms with Gasteiger partial charge in [-0.3, -0.25) is 0 Å². The molecular weight excluding hydrogens is 304 g/mol. The lowest BCUT2D eigenvalue weighted by atomic mass is 10.1. The summed E-state index contributed by atoms with van der Waals surface area (Å²) >= 11 is 4.84. The Labute approximate surface area is 132 Å². The molecule has 1 aromatic rings. The minimum atomic E-state index is -3.41. The fourth-order valence-electron chi connectivity index (χ4n) is 2.77. The molecule has 3 N–H and O–H groups in total. The summed E-state index contributed by atoms with van der Waals surface area (Å²) in [5, 5.41) is 0. The second-order valence-corrected chi connectivity index (χ2v) is 7.92. The van der Waals surface area contributed by atoms with Crippen LogP contribution in [0.2, 0.25) is 0 Å². The average molecular weight is 326 g/mol. The molecule has 0 spiro atoms. The maximum absolute atomic E-state index is 12.2. The summed E-state index contributed by atoms with van der Waals surface area (Å²) in [5.74, 6) is 0.681. The van der Waals surface area contributed by atoms with Crippen molar-refractivity contribution >= 4 is 27.2 Å². The molecule has 21 heavy (non-hydrogen) atoms. The molecule has 6 heteroatoms. The van der Waals surface area contributed by atoms with Gasteiger partial charge >= 0.3 is 0 Å². The molecular formula is C15H22N2O2S2. The first-order valence-electron chi connectivity index (χ1n) is 7.34. The molecule has 0 aromatic heterocycles. The first kappa shape index (κ1) is 16.4. The van der Waals surface area contributed by atoms with Crippen molar-refractivity contribution in [2.45, 2.75) is 43.4 Å². The van der Waals surface area contributed by atoms with Crippen LogP contribution in [0.15, 0.2) is 29.2 Å². The van der Waals surface area contributed by atoms with Crippen LogP contribution in [0, 0.1) is 5.92 Å². The Morgan fingerprint density at radius 1 is 1.24 bits per heavy atom. The molecule has 4 nitrogen and oxygen atoms in total. The Kier molecular flexibility index (Phi) is 5.72. The Hall–Kier alpha value is -0.980. The lowest BCUT2D eigenvalue weighted by molar-refractivity contribution is 0.495. The first-order chi connectivity index (χ1) is 9.97. The number of nitrogens with one attached hydrogen (secondary N) is 1. The van der Waals surface area contributed by atoms with Gasteiger partial charge in [-0.05, 0) is 30.0 Å². The van der Waals surface area contributed by atoms with E-state index in [-0.39, 0.29) is 0 Å². The van der Waals surface area contributed by atoms with Crippen LogP contribution >= 0.6 is 12.2 Å². The van der Waals surface area contributed by atoms with E-state index in [2.05, 4.69) is 4.72 Å². The van der Waals surface area contributed by atoms with Gasteiger partial charge in [0.1, 0.15) is 0 Å². The van der Waals surface area contributed by atoms with Crippen molar-refractivity contribution < 1.29 is 8.42 Å². The van der Waals surface area contributed by atoms with E-state index in [1.54, 1.807) is 24.3 Å². The largest absolute Gasteiger partial charge is 0.393 e. The summed E-state index contributed by atoms with van der Waals surface area (Å²) in [5.41, 5.74) is 6.40. The summed E-state index contributed by atoms with van der Waals surface area (Å²) in [6.07, 6.45) is 6.44. The summed E-state index contributed by atoms with van der Waals surface area (Å²) in [7, 11) is -3.41. The van der Waals surface area contributed by atoms with E-state index in [4.69, 9.17) is 18.0 Å². The van der Waals surface area contributed by atoms with Gasteiger partial charge in [0.2, 0.25) is 10.0 Å². The molecule has 116 valence electrons. The molecule has 1 aliphatic rings. The number of hydrogen-bond acceptors (Lipinski definition) is 3. The van der Waals surface area contributed by atoms with Gasteiger partial charge in [-0.1, -0.05) is 50.0 Å². The third kappa shape index (κ3) is 5.05. The number of benzene rings is 1. The van der Waals surface area contributed by atoms with Gasteiger partial charge in [0.15, 0.2) is 0 Å². The Morgan fingerprint density at radius 3 is 2.43 bits per heavy atom. The van der Waals surface area contributed by atoms with Crippen molar-refractivity contribution in [3.63, 3.8) is 0 Å². The molecule has 0 unspecified atom stereocenters. The average Bonchev–Trinajstić information content (AvgIpc) is 2.91. The van der Waals surface area contributed by atoms with Gasteiger partial charge in [-0.25, -0.2) is 13.1 Å². The minimum Gasteiger partial charge on any atom is -0.393 e. The maximum atomic E-state index is 12.2. The number of rotatable bonds is 7. The van der Waals surface area contributed by atoms with E-state index >= 15 is 0 Å². The van der Waals surface area contributed by atoms with Gasteiger partial charge in [0.25, 0.3) is 0 Å². The predicted molar refractivity (Wildman–Crippen MR) is 88.7 cm³/mol. The minimum absolute atomic E-state index is 0.292. The van der Waals surface area contributed by atoms with E-state index < -0.39 is 10.0 Å². The number of thiocarbonyl (C=S) groups is 1. The fraction of sp³-hybridized carbons (Fsp3) is 0.533. The normalized spacial score (nSPS) is 16.2. The molecule has 0 atom stereocenters. The standard InChI is InChI=1S/C15H22N2O2S2/c16-15(20)11-13-5-7-14(8-6-13)21(18,19)17-10-9-12-3-1-2-4-12/h5-8,12,17H,1-4,9-11H2,(H2,16,20). The van der Waals surface area contributed by atoms with E-state index in [0.29, 0.717) is 28.8 Å². The molecule has 0 radical (unpaired) electrons. The number of nitrogens with two attached hydrogens (primary N) is 1. The lowest BCUT2D eigenvalue weighted by Crippen LogP contribution is -2.26. The van der Waals surface area contributed by atoms with Gasteiger partial charge in [0.05, 0.1) is 9.88 Å². The van der Waals surface area contributed by atoms with Gasteiger partial charge in [0, 0.05) is 13.0 Å². The first-order valence-corrected chi connectivity index (χ1v) is 9.23. The molecule has 0 aliphatic heterocycles. The highest BCUT2D eigenvalue weighted by Crippen LogP contribution is 2.27. The van der Waals surface area contributed by atoms with Crippen LogP contribution in [0.5, 0.6) is 0 Å². The van der Waals surface area contributed by atoms with E-state index in [0.717, 1.165) is 12.0 Å². The van der Waals surface area contributed by atoms with Crippen LogP contribution in [0.1, 0.15) is 37.7 Å². The quantitative estimate of drug-likeness (QED) is 0.755. The zero-order valence-electron chi connectivity index (χ0n) is 12.0. The van der Waals surface area contributed by atoms with E-state index in [1.807, 2.05) is 0 Å². The van der Waals surface area contributed by atoms with Crippen molar-refractivity contribution in [1.29, 1.82) is 0 Å². The third-order valence-corrected chi connectivity index (χ3v) is 5.55. The molecule has 1 saturated carbocycles. The second kappa shape index (κ2) is 7.33. The van der Waals surface area contributed by atoms with Crippen LogP contribution in [0.3, 0.4) is 0 Å². The zero-order chi connectivity index (χ0) is 15.3. The molecule has 1 aromatic carbocycles. The summed E-state index contributed by atoms with van der Waals surface area (Å²) < 4.78 is 27.0. The molecule has 2 rings (SSSR count). The van der Waals surface area contributed by atoms with Gasteiger partial charge in [-0.15, -0.1) is 0 Å². The molecule has 1 fully saturated rings. The highest BCUT2D eigenvalue weighted by Gasteiger charge is 2.17. The van der Waals surface area contributed by atoms with Crippen LogP contribution in [-0.4, -0.2) is 20.0 Å². The maximum Gasteiger partial charge on any atom is 0.240 e. The van der Waals surface area contributed by atoms with Crippen LogP contribution < -0.4 is 10.5 Å². The lowest BCUT2D eigenvalue weighted by Gasteiger charge is -2.11. The van der Waals surface area contributed by atoms with Crippen molar-refractivity contribution in [1.82, 2.24) is 4.72 Å². The zero-order valence-corrected chi connectivity index (χ0v) is 13.7. The van der Waals surface area contributed by atoms with Gasteiger partial charge in [-0.2, -0.15) is 0 Å². The summed E-state index contributed by atoms with van der Waals surface area (Å²) in [6.45, 7) is 0.516. The van der Waals surface area contributed by atoms with E-state index in [9.17, 15) is 8.42 Å². The molecule has 1 aliphatic carbocycles. The Morgan fingerprint density at radius 2 is 1.86 bits per heavy atom. The second-order valence-electron chi connectivity index (χ2n) is 5.62. The van der Waals surface area contributed by atoms with Crippen molar-refractivity contribution in [2.24, 2.45) is 11.7 Å². The van der Waals surface area contributed by atoms with Crippen molar-refractivity contribution in [3.05, 3.63) is 29.8 Å². The van der Waals surface area contributed by atoms with Crippen molar-refractivity contribution in [2.75, 3.05) is 6.54 Å². The Bertz CT molecular complexity index is 576. The highest BCUT2D eigenvalue weighted by molar-refractivity contribution is 7.89. The number of sulfonamides is 1. The fourth-order valence-corrected chi connectivity index (χ4v) is 3.98. The van der Waals surface area contributed by atoms with Gasteiger partial charge < -0.3 is 5.73 Å². The van der Waals surface area contributed by atoms with Crippen molar-refractivity contribution in [3.8, 4) is 0 Å². The SMILES string of the molecule is NC(=S)Cc1ccc(S(=O)(=O)NCCC2CCCC2)cc1. The molecule has 0 saturated heterocycles. The summed E-state index contributed by atoms with van der Waals surface area (Å²) in [4.78, 5) is 0.695. The highest BCUT2D eigenvalue weighted by atomic mass is 32.2.